The maximum absolute atomic E-state index is 12.8. The van der Waals surface area contributed by atoms with Gasteiger partial charge in [-0.15, -0.1) is 0 Å². The number of methoxy groups -OCH3 is 1. The Bertz CT molecular complexity index is 834. The van der Waals surface area contributed by atoms with Crippen LogP contribution in [0.15, 0.2) is 52.0 Å². The van der Waals surface area contributed by atoms with Gasteiger partial charge in [-0.25, -0.2) is 13.2 Å². The highest BCUT2D eigenvalue weighted by molar-refractivity contribution is 7.89. The van der Waals surface area contributed by atoms with E-state index in [0.29, 0.717) is 30.0 Å². The Kier molecular flexibility index (Phi) is 4.36. The molecule has 2 aliphatic rings. The molecule has 0 radical (unpaired) electrons. The fourth-order valence-corrected chi connectivity index (χ4v) is 4.78. The molecule has 24 heavy (non-hydrogen) atoms. The van der Waals surface area contributed by atoms with E-state index in [1.54, 1.807) is 24.3 Å². The molecule has 128 valence electrons. The van der Waals surface area contributed by atoms with E-state index in [2.05, 4.69) is 0 Å². The van der Waals surface area contributed by atoms with Crippen LogP contribution < -0.4 is 0 Å². The number of benzene rings is 1. The van der Waals surface area contributed by atoms with Crippen LogP contribution in [0.25, 0.3) is 0 Å². The minimum absolute atomic E-state index is 0.0445. The fraction of sp³-hybridized carbons (Fsp3) is 0.389. The van der Waals surface area contributed by atoms with Gasteiger partial charge in [0, 0.05) is 18.7 Å². The van der Waals surface area contributed by atoms with Crippen LogP contribution in [0.1, 0.15) is 18.9 Å². The Labute approximate surface area is 142 Å². The number of sulfonamides is 1. The lowest BCUT2D eigenvalue weighted by Crippen LogP contribution is -2.29. The molecule has 0 amide bonds. The van der Waals surface area contributed by atoms with Gasteiger partial charge in [0.05, 0.1) is 12.0 Å². The summed E-state index contributed by atoms with van der Waals surface area (Å²) in [5.41, 5.74) is 3.59. The predicted molar refractivity (Wildman–Crippen MR) is 90.8 cm³/mol. The van der Waals surface area contributed by atoms with Crippen molar-refractivity contribution in [2.24, 2.45) is 5.92 Å². The van der Waals surface area contributed by atoms with Crippen molar-refractivity contribution in [1.82, 2.24) is 4.31 Å². The summed E-state index contributed by atoms with van der Waals surface area (Å²) in [4.78, 5) is 12.2. The lowest BCUT2D eigenvalue weighted by Gasteiger charge is -2.19. The van der Waals surface area contributed by atoms with Gasteiger partial charge in [0.2, 0.25) is 10.0 Å². The van der Waals surface area contributed by atoms with Gasteiger partial charge < -0.3 is 4.74 Å². The Hall–Kier alpha value is -1.92. The molecule has 1 aromatic carbocycles. The third-order valence-corrected chi connectivity index (χ3v) is 6.55. The first kappa shape index (κ1) is 16.9. The highest BCUT2D eigenvalue weighted by Gasteiger charge is 2.38. The molecule has 1 unspecified atom stereocenters. The average molecular weight is 347 g/mol. The smallest absolute Gasteiger partial charge is 0.334 e. The molecule has 1 aliphatic carbocycles. The van der Waals surface area contributed by atoms with Gasteiger partial charge in [-0.05, 0) is 43.9 Å². The van der Waals surface area contributed by atoms with E-state index in [-0.39, 0.29) is 11.9 Å². The summed E-state index contributed by atoms with van der Waals surface area (Å²) in [6.07, 6.45) is 2.47. The van der Waals surface area contributed by atoms with Gasteiger partial charge in [0.15, 0.2) is 0 Å². The molecule has 0 aromatic heterocycles. The van der Waals surface area contributed by atoms with E-state index in [1.807, 2.05) is 19.9 Å². The topological polar surface area (TPSA) is 63.7 Å². The number of nitrogens with zero attached hydrogens (tertiary/aromatic N) is 1. The zero-order valence-corrected chi connectivity index (χ0v) is 14.9. The molecule has 5 nitrogen and oxygen atoms in total. The molecule has 1 atom stereocenters. The third kappa shape index (κ3) is 2.91. The average Bonchev–Trinajstić information content (AvgIpc) is 2.97. The number of hydrogen-bond acceptors (Lipinski definition) is 4. The predicted octanol–water partition coefficient (Wildman–Crippen LogP) is 2.44. The molecular weight excluding hydrogens is 326 g/mol. The molecule has 0 spiro atoms. The number of hydrogen-bond donors (Lipinski definition) is 0. The number of ether oxygens (including phenoxy) is 1. The van der Waals surface area contributed by atoms with Gasteiger partial charge in [0.1, 0.15) is 0 Å². The minimum Gasteiger partial charge on any atom is -0.466 e. The zero-order valence-electron chi connectivity index (χ0n) is 14.1. The Morgan fingerprint density at radius 3 is 2.50 bits per heavy atom. The van der Waals surface area contributed by atoms with Crippen molar-refractivity contribution < 1.29 is 17.9 Å². The van der Waals surface area contributed by atoms with Crippen molar-refractivity contribution in [2.75, 3.05) is 20.2 Å². The quantitative estimate of drug-likeness (QED) is 0.788. The number of aryl methyl sites for hydroxylation is 1. The summed E-state index contributed by atoms with van der Waals surface area (Å²) < 4.78 is 32.0. The molecule has 0 bridgehead atoms. The van der Waals surface area contributed by atoms with Gasteiger partial charge in [-0.2, -0.15) is 4.31 Å². The first-order valence-electron chi connectivity index (χ1n) is 7.88. The van der Waals surface area contributed by atoms with Crippen LogP contribution in [-0.4, -0.2) is 38.9 Å². The maximum atomic E-state index is 12.8. The molecule has 6 heteroatoms. The third-order valence-electron chi connectivity index (χ3n) is 4.73. The normalized spacial score (nSPS) is 21.5. The van der Waals surface area contributed by atoms with Crippen molar-refractivity contribution >= 4 is 16.0 Å². The molecule has 1 heterocycles. The summed E-state index contributed by atoms with van der Waals surface area (Å²) in [5, 5.41) is 0. The lowest BCUT2D eigenvalue weighted by atomic mass is 9.86. The Balaban J connectivity index is 1.84. The summed E-state index contributed by atoms with van der Waals surface area (Å²) in [5.74, 6) is -0.286. The molecule has 1 saturated heterocycles. The van der Waals surface area contributed by atoms with E-state index < -0.39 is 10.0 Å². The largest absolute Gasteiger partial charge is 0.466 e. The van der Waals surface area contributed by atoms with E-state index in [9.17, 15) is 13.2 Å². The molecule has 0 saturated carbocycles. The van der Waals surface area contributed by atoms with E-state index in [1.165, 1.54) is 11.4 Å². The first-order valence-corrected chi connectivity index (χ1v) is 9.32. The highest BCUT2D eigenvalue weighted by Crippen LogP contribution is 2.37. The van der Waals surface area contributed by atoms with Crippen LogP contribution in [0.2, 0.25) is 0 Å². The van der Waals surface area contributed by atoms with Gasteiger partial charge in [-0.1, -0.05) is 29.3 Å². The van der Waals surface area contributed by atoms with E-state index in [4.69, 9.17) is 4.74 Å². The van der Waals surface area contributed by atoms with Gasteiger partial charge in [0.25, 0.3) is 0 Å². The molecule has 0 N–H and O–H groups in total. The zero-order chi connectivity index (χ0) is 17.5. The van der Waals surface area contributed by atoms with Crippen molar-refractivity contribution in [3.63, 3.8) is 0 Å². The van der Waals surface area contributed by atoms with Crippen LogP contribution >= 0.6 is 0 Å². The Morgan fingerprint density at radius 1 is 1.21 bits per heavy atom. The fourth-order valence-electron chi connectivity index (χ4n) is 3.30. The summed E-state index contributed by atoms with van der Waals surface area (Å²) >= 11 is 0. The maximum Gasteiger partial charge on any atom is 0.334 e. The number of esters is 1. The van der Waals surface area contributed by atoms with Crippen molar-refractivity contribution in [2.45, 2.75) is 25.2 Å². The lowest BCUT2D eigenvalue weighted by molar-refractivity contribution is -0.136. The monoisotopic (exact) mass is 347 g/mol. The summed E-state index contributed by atoms with van der Waals surface area (Å²) in [7, 11) is -2.15. The SMILES string of the molecule is COC(=O)C1=C(C)C=C2CN(S(=O)(=O)c3ccc(C)cc3)CC2C1. The second-order valence-corrected chi connectivity index (χ2v) is 8.32. The van der Waals surface area contributed by atoms with Crippen molar-refractivity contribution in [1.29, 1.82) is 0 Å². The highest BCUT2D eigenvalue weighted by atomic mass is 32.2. The second kappa shape index (κ2) is 6.18. The number of carbonyl (C=O) groups is 1. The number of allylic oxidation sites excluding steroid dienone is 2. The van der Waals surface area contributed by atoms with Crippen LogP contribution in [0.5, 0.6) is 0 Å². The molecule has 1 aliphatic heterocycles. The summed E-state index contributed by atoms with van der Waals surface area (Å²) in [6.45, 7) is 4.57. The van der Waals surface area contributed by atoms with E-state index >= 15 is 0 Å². The molecule has 1 aromatic rings. The Morgan fingerprint density at radius 2 is 1.88 bits per heavy atom. The van der Waals surface area contributed by atoms with Crippen molar-refractivity contribution in [3.05, 3.63) is 52.6 Å². The standard InChI is InChI=1S/C18H21NO4S/c1-12-4-6-16(7-5-12)24(21,22)19-10-14-8-13(2)17(18(20)23-3)9-15(14)11-19/h4-8,15H,9-11H2,1-3H3. The summed E-state index contributed by atoms with van der Waals surface area (Å²) in [6, 6.07) is 6.89. The van der Waals surface area contributed by atoms with Crippen LogP contribution in [0, 0.1) is 12.8 Å². The van der Waals surface area contributed by atoms with E-state index in [0.717, 1.165) is 16.7 Å². The van der Waals surface area contributed by atoms with Gasteiger partial charge in [-0.3, -0.25) is 0 Å². The van der Waals surface area contributed by atoms with Crippen LogP contribution in [0.3, 0.4) is 0 Å². The van der Waals surface area contributed by atoms with Crippen molar-refractivity contribution in [3.8, 4) is 0 Å². The number of carbonyl (C=O) groups excluding carboxylic acids is 1. The first-order chi connectivity index (χ1) is 11.3. The number of fused-ring (bicyclic) bond motifs is 1. The molecule has 3 rings (SSSR count). The number of rotatable bonds is 3. The van der Waals surface area contributed by atoms with Gasteiger partial charge >= 0.3 is 5.97 Å². The van der Waals surface area contributed by atoms with Crippen LogP contribution in [0.4, 0.5) is 0 Å². The second-order valence-electron chi connectivity index (χ2n) is 6.38. The van der Waals surface area contributed by atoms with Crippen LogP contribution in [-0.2, 0) is 19.6 Å². The molecule has 1 fully saturated rings. The minimum atomic E-state index is -3.52. The molecular formula is C18H21NO4S.